The first-order chi connectivity index (χ1) is 9.60. The summed E-state index contributed by atoms with van der Waals surface area (Å²) >= 11 is 0. The molecule has 1 aromatic carbocycles. The lowest BCUT2D eigenvalue weighted by molar-refractivity contribution is 0.1000. The van der Waals surface area contributed by atoms with E-state index in [1.807, 2.05) is 0 Å². The summed E-state index contributed by atoms with van der Waals surface area (Å²) in [6.07, 6.45) is 1.58. The van der Waals surface area contributed by atoms with E-state index in [9.17, 15) is 9.18 Å². The van der Waals surface area contributed by atoms with Crippen LogP contribution in [0.3, 0.4) is 0 Å². The predicted octanol–water partition coefficient (Wildman–Crippen LogP) is 1.94. The Morgan fingerprint density at radius 1 is 1.40 bits per heavy atom. The molecule has 3 N–H and O–H groups in total. The summed E-state index contributed by atoms with van der Waals surface area (Å²) in [6.45, 7) is 0.223. The van der Waals surface area contributed by atoms with E-state index in [0.29, 0.717) is 11.4 Å². The molecule has 20 heavy (non-hydrogen) atoms. The monoisotopic (exact) mass is 275 g/mol. The van der Waals surface area contributed by atoms with Crippen molar-refractivity contribution in [1.82, 2.24) is 4.98 Å². The van der Waals surface area contributed by atoms with Gasteiger partial charge in [0.15, 0.2) is 0 Å². The molecule has 0 saturated heterocycles. The Bertz CT molecular complexity index is 614. The van der Waals surface area contributed by atoms with Gasteiger partial charge in [-0.1, -0.05) is 0 Å². The van der Waals surface area contributed by atoms with E-state index < -0.39 is 11.7 Å². The number of carbonyl (C=O) groups excluding carboxylic acids is 1. The van der Waals surface area contributed by atoms with E-state index in [2.05, 4.69) is 10.3 Å². The third kappa shape index (κ3) is 3.23. The number of hydrogen-bond donors (Lipinski definition) is 2. The standard InChI is InChI=1S/C14H14FN3O2/c1-20-13-5-3-11(8-18-13)17-7-10-6-9(14(16)19)2-4-12(10)15/h2-6,8,17H,7H2,1H3,(H2,16,19). The highest BCUT2D eigenvalue weighted by molar-refractivity contribution is 5.92. The largest absolute Gasteiger partial charge is 0.481 e. The molecule has 0 atom stereocenters. The van der Waals surface area contributed by atoms with Crippen molar-refractivity contribution in [3.05, 3.63) is 53.5 Å². The van der Waals surface area contributed by atoms with Gasteiger partial charge in [-0.25, -0.2) is 9.37 Å². The van der Waals surface area contributed by atoms with Crippen molar-refractivity contribution in [3.63, 3.8) is 0 Å². The first kappa shape index (κ1) is 13.8. The number of amides is 1. The van der Waals surface area contributed by atoms with Crippen molar-refractivity contribution < 1.29 is 13.9 Å². The van der Waals surface area contributed by atoms with Crippen LogP contribution in [-0.4, -0.2) is 18.0 Å². The number of carbonyl (C=O) groups is 1. The Hall–Kier alpha value is -2.63. The van der Waals surface area contributed by atoms with Gasteiger partial charge in [-0.15, -0.1) is 0 Å². The number of nitrogens with one attached hydrogen (secondary N) is 1. The highest BCUT2D eigenvalue weighted by Gasteiger charge is 2.07. The van der Waals surface area contributed by atoms with Gasteiger partial charge in [0.05, 0.1) is 19.0 Å². The van der Waals surface area contributed by atoms with Crippen LogP contribution < -0.4 is 15.8 Å². The van der Waals surface area contributed by atoms with Crippen LogP contribution in [0, 0.1) is 5.82 Å². The quantitative estimate of drug-likeness (QED) is 0.874. The molecule has 1 heterocycles. The van der Waals surface area contributed by atoms with Crippen LogP contribution in [0.5, 0.6) is 5.88 Å². The Kier molecular flexibility index (Phi) is 4.14. The summed E-state index contributed by atoms with van der Waals surface area (Å²) in [6, 6.07) is 7.47. The molecule has 0 aliphatic carbocycles. The van der Waals surface area contributed by atoms with Crippen LogP contribution in [-0.2, 0) is 6.54 Å². The fourth-order valence-electron chi connectivity index (χ4n) is 1.67. The molecule has 0 unspecified atom stereocenters. The molecule has 0 aliphatic heterocycles. The zero-order valence-electron chi connectivity index (χ0n) is 10.9. The molecule has 1 amide bonds. The topological polar surface area (TPSA) is 77.2 Å². The number of nitrogens with two attached hydrogens (primary N) is 1. The number of primary amides is 1. The van der Waals surface area contributed by atoms with Gasteiger partial charge >= 0.3 is 0 Å². The normalized spacial score (nSPS) is 10.1. The fourth-order valence-corrected chi connectivity index (χ4v) is 1.67. The van der Waals surface area contributed by atoms with Crippen molar-refractivity contribution in [3.8, 4) is 5.88 Å². The number of aromatic nitrogens is 1. The van der Waals surface area contributed by atoms with Crippen LogP contribution >= 0.6 is 0 Å². The predicted molar refractivity (Wildman–Crippen MR) is 73.0 cm³/mol. The number of ether oxygens (including phenoxy) is 1. The van der Waals surface area contributed by atoms with Gasteiger partial charge in [-0.3, -0.25) is 4.79 Å². The zero-order valence-corrected chi connectivity index (χ0v) is 10.9. The Labute approximate surface area is 115 Å². The van der Waals surface area contributed by atoms with Crippen LogP contribution in [0.25, 0.3) is 0 Å². The molecule has 6 heteroatoms. The summed E-state index contributed by atoms with van der Waals surface area (Å²) in [5.41, 5.74) is 6.52. The number of nitrogens with zero attached hydrogens (tertiary/aromatic N) is 1. The SMILES string of the molecule is COc1ccc(NCc2cc(C(N)=O)ccc2F)cn1. The number of methoxy groups -OCH3 is 1. The number of rotatable bonds is 5. The van der Waals surface area contributed by atoms with E-state index in [0.717, 1.165) is 5.69 Å². The minimum Gasteiger partial charge on any atom is -0.481 e. The first-order valence-electron chi connectivity index (χ1n) is 5.92. The molecular formula is C14H14FN3O2. The fraction of sp³-hybridized carbons (Fsp3) is 0.143. The first-order valence-corrected chi connectivity index (χ1v) is 5.92. The number of anilines is 1. The number of halogens is 1. The molecule has 0 aliphatic rings. The van der Waals surface area contributed by atoms with E-state index in [1.54, 1.807) is 18.3 Å². The Balaban J connectivity index is 2.09. The summed E-state index contributed by atoms with van der Waals surface area (Å²) in [4.78, 5) is 15.1. The number of benzene rings is 1. The molecule has 2 aromatic rings. The zero-order chi connectivity index (χ0) is 14.5. The second kappa shape index (κ2) is 6.01. The molecule has 2 rings (SSSR count). The summed E-state index contributed by atoms with van der Waals surface area (Å²) in [5, 5.41) is 3.01. The maximum atomic E-state index is 13.6. The highest BCUT2D eigenvalue weighted by Crippen LogP contribution is 2.15. The Morgan fingerprint density at radius 3 is 2.80 bits per heavy atom. The second-order valence-corrected chi connectivity index (χ2v) is 4.11. The minimum absolute atomic E-state index is 0.223. The van der Waals surface area contributed by atoms with Crippen molar-refractivity contribution in [2.45, 2.75) is 6.54 Å². The van der Waals surface area contributed by atoms with Gasteiger partial charge in [0.2, 0.25) is 11.8 Å². The maximum absolute atomic E-state index is 13.6. The van der Waals surface area contributed by atoms with E-state index >= 15 is 0 Å². The highest BCUT2D eigenvalue weighted by atomic mass is 19.1. The van der Waals surface area contributed by atoms with E-state index in [4.69, 9.17) is 10.5 Å². The van der Waals surface area contributed by atoms with Crippen molar-refractivity contribution in [2.75, 3.05) is 12.4 Å². The van der Waals surface area contributed by atoms with Crippen LogP contribution in [0.1, 0.15) is 15.9 Å². The van der Waals surface area contributed by atoms with Crippen molar-refractivity contribution >= 4 is 11.6 Å². The van der Waals surface area contributed by atoms with E-state index in [1.165, 1.54) is 25.3 Å². The number of hydrogen-bond acceptors (Lipinski definition) is 4. The smallest absolute Gasteiger partial charge is 0.248 e. The van der Waals surface area contributed by atoms with Gasteiger partial charge in [0.25, 0.3) is 0 Å². The molecule has 0 saturated carbocycles. The third-order valence-corrected chi connectivity index (χ3v) is 2.76. The molecule has 0 radical (unpaired) electrons. The van der Waals surface area contributed by atoms with Crippen LogP contribution in [0.15, 0.2) is 36.5 Å². The summed E-state index contributed by atoms with van der Waals surface area (Å²) < 4.78 is 18.6. The average molecular weight is 275 g/mol. The second-order valence-electron chi connectivity index (χ2n) is 4.11. The van der Waals surface area contributed by atoms with Gasteiger partial charge < -0.3 is 15.8 Å². The van der Waals surface area contributed by atoms with Gasteiger partial charge in [-0.05, 0) is 24.3 Å². The lowest BCUT2D eigenvalue weighted by Crippen LogP contribution is -2.12. The van der Waals surface area contributed by atoms with Gasteiger partial charge in [-0.2, -0.15) is 0 Å². The molecule has 104 valence electrons. The maximum Gasteiger partial charge on any atom is 0.248 e. The van der Waals surface area contributed by atoms with E-state index in [-0.39, 0.29) is 12.1 Å². The number of pyridine rings is 1. The van der Waals surface area contributed by atoms with Crippen molar-refractivity contribution in [1.29, 1.82) is 0 Å². The van der Waals surface area contributed by atoms with Gasteiger partial charge in [0, 0.05) is 23.7 Å². The summed E-state index contributed by atoms with van der Waals surface area (Å²) in [5.74, 6) is -0.487. The third-order valence-electron chi connectivity index (χ3n) is 2.76. The molecule has 0 spiro atoms. The lowest BCUT2D eigenvalue weighted by atomic mass is 10.1. The minimum atomic E-state index is -0.586. The average Bonchev–Trinajstić information content (AvgIpc) is 2.46. The van der Waals surface area contributed by atoms with Crippen LogP contribution in [0.2, 0.25) is 0 Å². The molecule has 1 aromatic heterocycles. The van der Waals surface area contributed by atoms with Crippen molar-refractivity contribution in [2.24, 2.45) is 5.73 Å². The molecule has 0 fully saturated rings. The summed E-state index contributed by atoms with van der Waals surface area (Å²) in [7, 11) is 1.53. The van der Waals surface area contributed by atoms with Crippen LogP contribution in [0.4, 0.5) is 10.1 Å². The molecule has 5 nitrogen and oxygen atoms in total. The lowest BCUT2D eigenvalue weighted by Gasteiger charge is -2.08. The Morgan fingerprint density at radius 2 is 2.20 bits per heavy atom. The molecule has 0 bridgehead atoms. The molecular weight excluding hydrogens is 261 g/mol. The van der Waals surface area contributed by atoms with Gasteiger partial charge in [0.1, 0.15) is 5.82 Å².